The number of hydrogen-bond acceptors (Lipinski definition) is 5. The summed E-state index contributed by atoms with van der Waals surface area (Å²) >= 11 is 4.76. The molecule has 1 aliphatic rings. The van der Waals surface area contributed by atoms with E-state index in [0.29, 0.717) is 17.2 Å². The molecule has 2 heterocycles. The van der Waals surface area contributed by atoms with Gasteiger partial charge in [0.2, 0.25) is 5.91 Å². The van der Waals surface area contributed by atoms with Gasteiger partial charge in [-0.1, -0.05) is 15.9 Å². The van der Waals surface area contributed by atoms with Crippen molar-refractivity contribution in [3.8, 4) is 0 Å². The van der Waals surface area contributed by atoms with Crippen molar-refractivity contribution >= 4 is 44.2 Å². The SMILES string of the molecule is CNC(=O)CN1CCC[C@H]1c1csc(NC(=O)c2ccc(Br)cc2)n1. The number of halogens is 1. The summed E-state index contributed by atoms with van der Waals surface area (Å²) in [5.41, 5.74) is 1.50. The average Bonchev–Trinajstić information content (AvgIpc) is 3.24. The smallest absolute Gasteiger partial charge is 0.257 e. The zero-order valence-electron chi connectivity index (χ0n) is 13.8. The summed E-state index contributed by atoms with van der Waals surface area (Å²) in [4.78, 5) is 30.6. The predicted octanol–water partition coefficient (Wildman–Crippen LogP) is 3.04. The molecule has 2 N–H and O–H groups in total. The van der Waals surface area contributed by atoms with Crippen LogP contribution in [0.15, 0.2) is 34.1 Å². The Balaban J connectivity index is 1.66. The third-order valence-electron chi connectivity index (χ3n) is 4.18. The molecule has 0 radical (unpaired) electrons. The fraction of sp³-hybridized carbons (Fsp3) is 0.353. The summed E-state index contributed by atoms with van der Waals surface area (Å²) in [6.07, 6.45) is 2.01. The predicted molar refractivity (Wildman–Crippen MR) is 102 cm³/mol. The van der Waals surface area contributed by atoms with Gasteiger partial charge in [-0.3, -0.25) is 19.8 Å². The van der Waals surface area contributed by atoms with Gasteiger partial charge in [-0.25, -0.2) is 4.98 Å². The molecular formula is C17H19BrN4O2S. The third kappa shape index (κ3) is 4.45. The molecule has 2 aromatic rings. The van der Waals surface area contributed by atoms with Crippen molar-refractivity contribution in [1.29, 1.82) is 0 Å². The minimum Gasteiger partial charge on any atom is -0.358 e. The quantitative estimate of drug-likeness (QED) is 0.776. The number of amides is 2. The Morgan fingerprint density at radius 1 is 1.36 bits per heavy atom. The van der Waals surface area contributed by atoms with Crippen LogP contribution in [0, 0.1) is 0 Å². The number of carbonyl (C=O) groups is 2. The van der Waals surface area contributed by atoms with E-state index < -0.39 is 0 Å². The van der Waals surface area contributed by atoms with Gasteiger partial charge in [-0.2, -0.15) is 0 Å². The lowest BCUT2D eigenvalue weighted by molar-refractivity contribution is -0.122. The van der Waals surface area contributed by atoms with Gasteiger partial charge >= 0.3 is 0 Å². The minimum absolute atomic E-state index is 0.00546. The molecule has 1 aliphatic heterocycles. The van der Waals surface area contributed by atoms with Crippen LogP contribution in [0.4, 0.5) is 5.13 Å². The number of likely N-dealkylation sites (tertiary alicyclic amines) is 1. The molecule has 8 heteroatoms. The number of thiazole rings is 1. The summed E-state index contributed by atoms with van der Waals surface area (Å²) in [6.45, 7) is 1.26. The van der Waals surface area contributed by atoms with Crippen LogP contribution >= 0.6 is 27.3 Å². The highest BCUT2D eigenvalue weighted by atomic mass is 79.9. The zero-order chi connectivity index (χ0) is 17.8. The summed E-state index contributed by atoms with van der Waals surface area (Å²) < 4.78 is 0.929. The lowest BCUT2D eigenvalue weighted by atomic mass is 10.2. The van der Waals surface area contributed by atoms with E-state index in [4.69, 9.17) is 0 Å². The minimum atomic E-state index is -0.179. The summed E-state index contributed by atoms with van der Waals surface area (Å²) in [5.74, 6) is -0.173. The largest absolute Gasteiger partial charge is 0.358 e. The van der Waals surface area contributed by atoms with E-state index in [1.54, 1.807) is 19.2 Å². The zero-order valence-corrected chi connectivity index (χ0v) is 16.2. The Labute approximate surface area is 158 Å². The Hall–Kier alpha value is -1.77. The molecule has 1 fully saturated rings. The van der Waals surface area contributed by atoms with Crippen LogP contribution in [0.5, 0.6) is 0 Å². The Kier molecular flexibility index (Phi) is 5.82. The lowest BCUT2D eigenvalue weighted by Crippen LogP contribution is -2.35. The van der Waals surface area contributed by atoms with E-state index in [-0.39, 0.29) is 17.9 Å². The second kappa shape index (κ2) is 8.07. The van der Waals surface area contributed by atoms with Crippen LogP contribution < -0.4 is 10.6 Å². The third-order valence-corrected chi connectivity index (χ3v) is 5.48. The molecule has 0 unspecified atom stereocenters. The molecule has 3 rings (SSSR count). The van der Waals surface area contributed by atoms with Crippen molar-refractivity contribution in [2.75, 3.05) is 25.5 Å². The maximum atomic E-state index is 12.3. The molecule has 0 saturated carbocycles. The van der Waals surface area contributed by atoms with Crippen LogP contribution in [0.3, 0.4) is 0 Å². The Bertz CT molecular complexity index is 762. The first kappa shape index (κ1) is 18.0. The van der Waals surface area contributed by atoms with Crippen molar-refractivity contribution in [1.82, 2.24) is 15.2 Å². The summed E-state index contributed by atoms with van der Waals surface area (Å²) in [6, 6.07) is 7.31. The molecule has 0 spiro atoms. The first-order chi connectivity index (χ1) is 12.1. The molecule has 6 nitrogen and oxygen atoms in total. The van der Waals surface area contributed by atoms with E-state index in [0.717, 1.165) is 29.6 Å². The second-order valence-electron chi connectivity index (χ2n) is 5.84. The highest BCUT2D eigenvalue weighted by Crippen LogP contribution is 2.33. The molecule has 1 aromatic heterocycles. The van der Waals surface area contributed by atoms with E-state index in [9.17, 15) is 9.59 Å². The highest BCUT2D eigenvalue weighted by Gasteiger charge is 2.29. The van der Waals surface area contributed by atoms with Crippen LogP contribution in [0.2, 0.25) is 0 Å². The Morgan fingerprint density at radius 2 is 2.12 bits per heavy atom. The van der Waals surface area contributed by atoms with Gasteiger partial charge in [-0.05, 0) is 43.7 Å². The molecule has 0 bridgehead atoms. The van der Waals surface area contributed by atoms with Gasteiger partial charge in [0.25, 0.3) is 5.91 Å². The van der Waals surface area contributed by atoms with Crippen molar-refractivity contribution in [2.45, 2.75) is 18.9 Å². The Morgan fingerprint density at radius 3 is 2.84 bits per heavy atom. The van der Waals surface area contributed by atoms with Crippen LogP contribution in [0.25, 0.3) is 0 Å². The number of benzene rings is 1. The molecular weight excluding hydrogens is 404 g/mol. The van der Waals surface area contributed by atoms with E-state index in [2.05, 4.69) is 36.4 Å². The number of rotatable bonds is 5. The lowest BCUT2D eigenvalue weighted by Gasteiger charge is -2.21. The van der Waals surface area contributed by atoms with Crippen molar-refractivity contribution in [3.63, 3.8) is 0 Å². The number of nitrogens with one attached hydrogen (secondary N) is 2. The van der Waals surface area contributed by atoms with Crippen molar-refractivity contribution < 1.29 is 9.59 Å². The molecule has 1 saturated heterocycles. The van der Waals surface area contributed by atoms with Crippen LogP contribution in [0.1, 0.15) is 34.9 Å². The average molecular weight is 423 g/mol. The molecule has 1 atom stereocenters. The number of hydrogen-bond donors (Lipinski definition) is 2. The topological polar surface area (TPSA) is 74.3 Å². The van der Waals surface area contributed by atoms with Crippen LogP contribution in [-0.4, -0.2) is 41.8 Å². The summed E-state index contributed by atoms with van der Waals surface area (Å²) in [7, 11) is 1.64. The van der Waals surface area contributed by atoms with Crippen molar-refractivity contribution in [2.24, 2.45) is 0 Å². The standard InChI is InChI=1S/C17H19BrN4O2S/c1-19-15(23)9-22-8-2-3-14(22)13-10-25-17(20-13)21-16(24)11-4-6-12(18)7-5-11/h4-7,10,14H,2-3,8-9H2,1H3,(H,19,23)(H,20,21,24)/t14-/m0/s1. The summed E-state index contributed by atoms with van der Waals surface area (Å²) in [5, 5.41) is 8.04. The van der Waals surface area contributed by atoms with Gasteiger partial charge < -0.3 is 5.32 Å². The maximum Gasteiger partial charge on any atom is 0.257 e. The van der Waals surface area contributed by atoms with E-state index in [1.165, 1.54) is 11.3 Å². The molecule has 0 aliphatic carbocycles. The molecule has 25 heavy (non-hydrogen) atoms. The number of nitrogens with zero attached hydrogens (tertiary/aromatic N) is 2. The maximum absolute atomic E-state index is 12.3. The van der Waals surface area contributed by atoms with Gasteiger partial charge in [0.15, 0.2) is 5.13 Å². The number of carbonyl (C=O) groups excluding carboxylic acids is 2. The molecule has 2 amide bonds. The fourth-order valence-corrected chi connectivity index (χ4v) is 3.90. The highest BCUT2D eigenvalue weighted by molar-refractivity contribution is 9.10. The van der Waals surface area contributed by atoms with Crippen molar-refractivity contribution in [3.05, 3.63) is 45.4 Å². The molecule has 132 valence electrons. The van der Waals surface area contributed by atoms with Gasteiger partial charge in [-0.15, -0.1) is 11.3 Å². The monoisotopic (exact) mass is 422 g/mol. The number of likely N-dealkylation sites (N-methyl/N-ethyl adjacent to an activating group) is 1. The number of anilines is 1. The van der Waals surface area contributed by atoms with Gasteiger partial charge in [0.05, 0.1) is 18.3 Å². The first-order valence-corrected chi connectivity index (χ1v) is 9.71. The van der Waals surface area contributed by atoms with Gasteiger partial charge in [0.1, 0.15) is 0 Å². The molecule has 1 aromatic carbocycles. The second-order valence-corrected chi connectivity index (χ2v) is 7.61. The van der Waals surface area contributed by atoms with Gasteiger partial charge in [0, 0.05) is 22.5 Å². The van der Waals surface area contributed by atoms with E-state index >= 15 is 0 Å². The normalized spacial score (nSPS) is 17.4. The first-order valence-electron chi connectivity index (χ1n) is 8.04. The van der Waals surface area contributed by atoms with E-state index in [1.807, 2.05) is 17.5 Å². The number of aromatic nitrogens is 1. The fourth-order valence-electron chi connectivity index (χ4n) is 2.88. The van der Waals surface area contributed by atoms with Crippen LogP contribution in [-0.2, 0) is 4.79 Å².